The number of halogens is 1. The summed E-state index contributed by atoms with van der Waals surface area (Å²) in [6.45, 7) is 15.3. The molecule has 0 aliphatic carbocycles. The smallest absolute Gasteiger partial charge is 0.137 e. The van der Waals surface area contributed by atoms with Gasteiger partial charge in [0.15, 0.2) is 0 Å². The third kappa shape index (κ3) is 3.95. The lowest BCUT2D eigenvalue weighted by Gasteiger charge is -2.27. The van der Waals surface area contributed by atoms with Gasteiger partial charge in [-0.3, -0.25) is 4.90 Å². The summed E-state index contributed by atoms with van der Waals surface area (Å²) in [7, 11) is 0. The molecule has 1 aromatic heterocycles. The molecular formula is C16H27BrN4. The molecule has 1 fully saturated rings. The highest BCUT2D eigenvalue weighted by Gasteiger charge is 2.28. The van der Waals surface area contributed by atoms with Crippen molar-refractivity contribution in [1.29, 1.82) is 0 Å². The van der Waals surface area contributed by atoms with Gasteiger partial charge in [0, 0.05) is 30.6 Å². The van der Waals surface area contributed by atoms with E-state index in [-0.39, 0.29) is 5.41 Å². The fourth-order valence-corrected chi connectivity index (χ4v) is 3.26. The second-order valence-electron chi connectivity index (χ2n) is 6.73. The van der Waals surface area contributed by atoms with Gasteiger partial charge in [-0.2, -0.15) is 0 Å². The van der Waals surface area contributed by atoms with E-state index in [1.54, 1.807) is 0 Å². The first kappa shape index (κ1) is 16.7. The number of hydrogen-bond donors (Lipinski definition) is 0. The van der Waals surface area contributed by atoms with Gasteiger partial charge < -0.3 is 4.90 Å². The van der Waals surface area contributed by atoms with Crippen LogP contribution in [0.1, 0.15) is 46.9 Å². The quantitative estimate of drug-likeness (QED) is 0.775. The maximum Gasteiger partial charge on any atom is 0.137 e. The number of anilines is 1. The first-order chi connectivity index (χ1) is 9.85. The zero-order valence-corrected chi connectivity index (χ0v) is 15.4. The molecule has 1 aliphatic heterocycles. The van der Waals surface area contributed by atoms with Crippen molar-refractivity contribution in [3.8, 4) is 0 Å². The molecule has 0 amide bonds. The number of aromatic nitrogens is 2. The molecule has 1 aromatic rings. The number of hydrogen-bond acceptors (Lipinski definition) is 4. The highest BCUT2D eigenvalue weighted by molar-refractivity contribution is 9.10. The average molecular weight is 355 g/mol. The maximum absolute atomic E-state index is 4.80. The SMILES string of the molecule is CCN(CC)C1CCN(c2cc(Br)nc(C(C)(C)C)n2)C1. The Labute approximate surface area is 137 Å². The minimum Gasteiger partial charge on any atom is -0.355 e. The van der Waals surface area contributed by atoms with Crippen LogP contribution in [0.2, 0.25) is 0 Å². The maximum atomic E-state index is 4.80. The standard InChI is InChI=1S/C16H27BrN4/c1-6-20(7-2)12-8-9-21(11-12)14-10-13(17)18-15(19-14)16(3,4)5/h10,12H,6-9,11H2,1-5H3. The summed E-state index contributed by atoms with van der Waals surface area (Å²) in [5, 5.41) is 0. The van der Waals surface area contributed by atoms with Gasteiger partial charge >= 0.3 is 0 Å². The highest BCUT2D eigenvalue weighted by atomic mass is 79.9. The van der Waals surface area contributed by atoms with Gasteiger partial charge in [-0.25, -0.2) is 9.97 Å². The van der Waals surface area contributed by atoms with Crippen LogP contribution in [-0.2, 0) is 5.41 Å². The number of nitrogens with zero attached hydrogens (tertiary/aromatic N) is 4. The van der Waals surface area contributed by atoms with Crippen LogP contribution in [0.15, 0.2) is 10.7 Å². The minimum atomic E-state index is -0.0312. The van der Waals surface area contributed by atoms with Gasteiger partial charge in [0.2, 0.25) is 0 Å². The lowest BCUT2D eigenvalue weighted by atomic mass is 9.96. The molecule has 2 rings (SSSR count). The Balaban J connectivity index is 2.18. The highest BCUT2D eigenvalue weighted by Crippen LogP contribution is 2.27. The summed E-state index contributed by atoms with van der Waals surface area (Å²) in [6, 6.07) is 2.69. The van der Waals surface area contributed by atoms with Gasteiger partial charge in [0.1, 0.15) is 16.2 Å². The summed E-state index contributed by atoms with van der Waals surface area (Å²) in [5.74, 6) is 1.95. The molecule has 0 radical (unpaired) electrons. The molecule has 0 saturated carbocycles. The van der Waals surface area contributed by atoms with Crippen LogP contribution < -0.4 is 4.90 Å². The molecule has 2 heterocycles. The predicted molar refractivity (Wildman–Crippen MR) is 92.0 cm³/mol. The molecule has 0 aromatic carbocycles. The molecule has 0 N–H and O–H groups in total. The third-order valence-electron chi connectivity index (χ3n) is 4.17. The van der Waals surface area contributed by atoms with Crippen LogP contribution in [0, 0.1) is 0 Å². The molecule has 5 heteroatoms. The molecule has 4 nitrogen and oxygen atoms in total. The summed E-state index contributed by atoms with van der Waals surface area (Å²) in [5.41, 5.74) is -0.0312. The van der Waals surface area contributed by atoms with Gasteiger partial charge in [-0.05, 0) is 35.4 Å². The van der Waals surface area contributed by atoms with E-state index in [4.69, 9.17) is 4.98 Å². The predicted octanol–water partition coefficient (Wildman–Crippen LogP) is 3.46. The van der Waals surface area contributed by atoms with E-state index >= 15 is 0 Å². The lowest BCUT2D eigenvalue weighted by molar-refractivity contribution is 0.232. The van der Waals surface area contributed by atoms with Crippen LogP contribution in [0.5, 0.6) is 0 Å². The Bertz CT molecular complexity index is 480. The van der Waals surface area contributed by atoms with Crippen LogP contribution in [-0.4, -0.2) is 47.1 Å². The minimum absolute atomic E-state index is 0.0312. The fourth-order valence-electron chi connectivity index (χ4n) is 2.89. The average Bonchev–Trinajstić information content (AvgIpc) is 2.88. The molecule has 0 bridgehead atoms. The third-order valence-corrected chi connectivity index (χ3v) is 4.57. The van der Waals surface area contributed by atoms with E-state index in [0.29, 0.717) is 6.04 Å². The zero-order valence-electron chi connectivity index (χ0n) is 13.9. The molecule has 1 atom stereocenters. The Morgan fingerprint density at radius 2 is 1.95 bits per heavy atom. The van der Waals surface area contributed by atoms with Crippen molar-refractivity contribution in [3.63, 3.8) is 0 Å². The summed E-state index contributed by atoms with van der Waals surface area (Å²) in [4.78, 5) is 14.3. The van der Waals surface area contributed by atoms with Crippen LogP contribution in [0.4, 0.5) is 5.82 Å². The van der Waals surface area contributed by atoms with Crippen LogP contribution in [0.3, 0.4) is 0 Å². The topological polar surface area (TPSA) is 32.3 Å². The normalized spacial score (nSPS) is 19.6. The Morgan fingerprint density at radius 3 is 2.52 bits per heavy atom. The molecule has 118 valence electrons. The number of likely N-dealkylation sites (N-methyl/N-ethyl adjacent to an activating group) is 1. The van der Waals surface area contributed by atoms with Crippen molar-refractivity contribution in [3.05, 3.63) is 16.5 Å². The Kier molecular flexibility index (Phi) is 5.25. The van der Waals surface area contributed by atoms with Crippen molar-refractivity contribution in [1.82, 2.24) is 14.9 Å². The molecule has 0 spiro atoms. The van der Waals surface area contributed by atoms with Crippen molar-refractivity contribution in [2.24, 2.45) is 0 Å². The molecule has 1 aliphatic rings. The van der Waals surface area contributed by atoms with E-state index in [0.717, 1.165) is 42.4 Å². The van der Waals surface area contributed by atoms with Gasteiger partial charge in [0.25, 0.3) is 0 Å². The van der Waals surface area contributed by atoms with Crippen LogP contribution >= 0.6 is 15.9 Å². The van der Waals surface area contributed by atoms with E-state index < -0.39 is 0 Å². The fraction of sp³-hybridized carbons (Fsp3) is 0.750. The van der Waals surface area contributed by atoms with Crippen LogP contribution in [0.25, 0.3) is 0 Å². The number of rotatable bonds is 4. The molecule has 1 unspecified atom stereocenters. The van der Waals surface area contributed by atoms with Gasteiger partial charge in [-0.1, -0.05) is 34.6 Å². The van der Waals surface area contributed by atoms with Crippen molar-refractivity contribution >= 4 is 21.7 Å². The second-order valence-corrected chi connectivity index (χ2v) is 7.54. The first-order valence-corrected chi connectivity index (χ1v) is 8.68. The van der Waals surface area contributed by atoms with Gasteiger partial charge in [-0.15, -0.1) is 0 Å². The lowest BCUT2D eigenvalue weighted by Crippen LogP contribution is -2.37. The summed E-state index contributed by atoms with van der Waals surface area (Å²) in [6.07, 6.45) is 1.22. The molecular weight excluding hydrogens is 328 g/mol. The molecule has 1 saturated heterocycles. The second kappa shape index (κ2) is 6.61. The Morgan fingerprint density at radius 1 is 1.29 bits per heavy atom. The van der Waals surface area contributed by atoms with Crippen molar-refractivity contribution < 1.29 is 0 Å². The van der Waals surface area contributed by atoms with Crippen molar-refractivity contribution in [2.75, 3.05) is 31.1 Å². The van der Waals surface area contributed by atoms with E-state index in [1.807, 2.05) is 6.07 Å². The summed E-state index contributed by atoms with van der Waals surface area (Å²) >= 11 is 3.54. The van der Waals surface area contributed by atoms with Crippen molar-refractivity contribution in [2.45, 2.75) is 52.5 Å². The molecule has 21 heavy (non-hydrogen) atoms. The van der Waals surface area contributed by atoms with E-state index in [9.17, 15) is 0 Å². The zero-order chi connectivity index (χ0) is 15.6. The van der Waals surface area contributed by atoms with E-state index in [1.165, 1.54) is 6.42 Å². The monoisotopic (exact) mass is 354 g/mol. The van der Waals surface area contributed by atoms with E-state index in [2.05, 4.69) is 65.3 Å². The summed E-state index contributed by atoms with van der Waals surface area (Å²) < 4.78 is 0.878. The Hall–Kier alpha value is -0.680. The first-order valence-electron chi connectivity index (χ1n) is 7.89. The van der Waals surface area contributed by atoms with Gasteiger partial charge in [0.05, 0.1) is 0 Å². The largest absolute Gasteiger partial charge is 0.355 e.